The van der Waals surface area contributed by atoms with E-state index in [1.54, 1.807) is 12.3 Å². The Hall–Kier alpha value is -3.32. The molecule has 3 N–H and O–H groups in total. The highest BCUT2D eigenvalue weighted by atomic mass is 32.1. The number of carboxylic acid groups (broad SMARTS) is 1. The zero-order chi connectivity index (χ0) is 26.3. The van der Waals surface area contributed by atoms with Gasteiger partial charge in [-0.25, -0.2) is 19.9 Å². The predicted molar refractivity (Wildman–Crippen MR) is 125 cm³/mol. The number of aliphatic carboxylic acids is 1. The Bertz CT molecular complexity index is 1280. The fourth-order valence-corrected chi connectivity index (χ4v) is 5.60. The monoisotopic (exact) mass is 523 g/mol. The summed E-state index contributed by atoms with van der Waals surface area (Å²) < 4.78 is 44.3. The number of methoxy groups -OCH3 is 1. The van der Waals surface area contributed by atoms with E-state index in [0.29, 0.717) is 27.6 Å². The average molecular weight is 524 g/mol. The van der Waals surface area contributed by atoms with Gasteiger partial charge in [0, 0.05) is 12.4 Å². The first-order valence-electron chi connectivity index (χ1n) is 11.0. The summed E-state index contributed by atoms with van der Waals surface area (Å²) in [5.41, 5.74) is -2.19. The first-order valence-corrected chi connectivity index (χ1v) is 11.8. The van der Waals surface area contributed by atoms with Gasteiger partial charge in [0.05, 0.1) is 35.4 Å². The SMILES string of the molecule is COc1ncc(Nc2nccc(C(F)(F)F)n2)cc1-c1cnc([C@@]2(O)CC[C@@H](C(=O)O)C(C)(C)C2)s1. The van der Waals surface area contributed by atoms with Gasteiger partial charge in [-0.1, -0.05) is 13.8 Å². The lowest BCUT2D eigenvalue weighted by Gasteiger charge is -2.44. The van der Waals surface area contributed by atoms with E-state index in [1.807, 2.05) is 13.8 Å². The lowest BCUT2D eigenvalue weighted by Crippen LogP contribution is -2.44. The number of halogens is 3. The van der Waals surface area contributed by atoms with E-state index in [1.165, 1.54) is 24.6 Å². The van der Waals surface area contributed by atoms with E-state index in [4.69, 9.17) is 4.74 Å². The molecule has 0 bridgehead atoms. The molecule has 1 aliphatic rings. The Morgan fingerprint density at radius 2 is 2.00 bits per heavy atom. The summed E-state index contributed by atoms with van der Waals surface area (Å²) in [4.78, 5) is 28.2. The molecule has 0 amide bonds. The van der Waals surface area contributed by atoms with Crippen molar-refractivity contribution in [1.82, 2.24) is 19.9 Å². The molecule has 0 unspecified atom stereocenters. The lowest BCUT2D eigenvalue weighted by atomic mass is 9.63. The number of aliphatic hydroxyl groups is 1. The van der Waals surface area contributed by atoms with Crippen molar-refractivity contribution in [2.75, 3.05) is 12.4 Å². The van der Waals surface area contributed by atoms with Crippen LogP contribution in [0.5, 0.6) is 5.88 Å². The van der Waals surface area contributed by atoms with Crippen LogP contribution < -0.4 is 10.1 Å². The summed E-state index contributed by atoms with van der Waals surface area (Å²) in [5.74, 6) is -1.45. The molecule has 2 atom stereocenters. The van der Waals surface area contributed by atoms with Gasteiger partial charge in [-0.05, 0) is 36.8 Å². The number of alkyl halides is 3. The maximum atomic E-state index is 13.0. The molecule has 0 aromatic carbocycles. The molecule has 3 aromatic rings. The molecule has 13 heteroatoms. The maximum absolute atomic E-state index is 13.0. The zero-order valence-corrected chi connectivity index (χ0v) is 20.4. The molecule has 9 nitrogen and oxygen atoms in total. The van der Waals surface area contributed by atoms with Crippen molar-refractivity contribution in [3.05, 3.63) is 41.4 Å². The second-order valence-electron chi connectivity index (χ2n) is 9.33. The van der Waals surface area contributed by atoms with E-state index in [-0.39, 0.29) is 24.7 Å². The Morgan fingerprint density at radius 1 is 1.25 bits per heavy atom. The summed E-state index contributed by atoms with van der Waals surface area (Å²) >= 11 is 1.22. The molecule has 0 radical (unpaired) electrons. The molecule has 1 saturated carbocycles. The van der Waals surface area contributed by atoms with Crippen molar-refractivity contribution in [2.24, 2.45) is 11.3 Å². The van der Waals surface area contributed by atoms with Crippen LogP contribution in [-0.4, -0.2) is 43.2 Å². The van der Waals surface area contributed by atoms with Gasteiger partial charge in [-0.15, -0.1) is 11.3 Å². The van der Waals surface area contributed by atoms with Crippen molar-refractivity contribution in [3.63, 3.8) is 0 Å². The molecule has 4 rings (SSSR count). The number of carbonyl (C=O) groups is 1. The number of ether oxygens (including phenoxy) is 1. The van der Waals surface area contributed by atoms with E-state index in [2.05, 4.69) is 25.3 Å². The minimum atomic E-state index is -4.61. The number of nitrogens with zero attached hydrogens (tertiary/aromatic N) is 4. The minimum Gasteiger partial charge on any atom is -0.481 e. The Labute approximate surface area is 208 Å². The van der Waals surface area contributed by atoms with Crippen LogP contribution in [0.4, 0.5) is 24.8 Å². The fraction of sp³-hybridized carbons (Fsp3) is 0.435. The van der Waals surface area contributed by atoms with Crippen LogP contribution >= 0.6 is 11.3 Å². The summed E-state index contributed by atoms with van der Waals surface area (Å²) in [5, 5.41) is 24.1. The molecule has 3 heterocycles. The lowest BCUT2D eigenvalue weighted by molar-refractivity contribution is -0.154. The van der Waals surface area contributed by atoms with Crippen LogP contribution in [0.3, 0.4) is 0 Å². The summed E-state index contributed by atoms with van der Waals surface area (Å²) in [6.07, 6.45) is 0.120. The van der Waals surface area contributed by atoms with Gasteiger partial charge in [0.15, 0.2) is 0 Å². The standard InChI is InChI=1S/C23H24F3N5O4S/c1-21(2)11-22(34,6-4-14(21)18(32)33)19-29-10-15(36-19)13-8-12(9-28-17(13)35-3)30-20-27-7-5-16(31-20)23(24,25)26/h5,7-10,14,34H,4,6,11H2,1-3H3,(H,32,33)(H,27,30,31)/t14-,22+/m0/s1. The molecule has 36 heavy (non-hydrogen) atoms. The van der Waals surface area contributed by atoms with Gasteiger partial charge in [0.25, 0.3) is 0 Å². The highest BCUT2D eigenvalue weighted by Crippen LogP contribution is 2.51. The third kappa shape index (κ3) is 5.12. The molecular weight excluding hydrogens is 499 g/mol. The largest absolute Gasteiger partial charge is 0.481 e. The van der Waals surface area contributed by atoms with E-state index >= 15 is 0 Å². The van der Waals surface area contributed by atoms with Crippen molar-refractivity contribution in [3.8, 4) is 16.3 Å². The smallest absolute Gasteiger partial charge is 0.433 e. The van der Waals surface area contributed by atoms with Gasteiger partial charge in [-0.2, -0.15) is 13.2 Å². The molecule has 1 fully saturated rings. The average Bonchev–Trinajstić information content (AvgIpc) is 3.29. The van der Waals surface area contributed by atoms with Crippen molar-refractivity contribution in [2.45, 2.75) is 44.9 Å². The van der Waals surface area contributed by atoms with Crippen LogP contribution in [-0.2, 0) is 16.6 Å². The second-order valence-corrected chi connectivity index (χ2v) is 10.4. The number of aromatic nitrogens is 4. The van der Waals surface area contributed by atoms with Crippen molar-refractivity contribution in [1.29, 1.82) is 0 Å². The minimum absolute atomic E-state index is 0.230. The van der Waals surface area contributed by atoms with Gasteiger partial charge < -0.3 is 20.3 Å². The highest BCUT2D eigenvalue weighted by Gasteiger charge is 2.49. The fourth-order valence-electron chi connectivity index (χ4n) is 4.56. The Kier molecular flexibility index (Phi) is 6.64. The maximum Gasteiger partial charge on any atom is 0.433 e. The number of carboxylic acids is 1. The number of hydrogen-bond donors (Lipinski definition) is 3. The predicted octanol–water partition coefficient (Wildman–Crippen LogP) is 4.86. The summed E-state index contributed by atoms with van der Waals surface area (Å²) in [6, 6.07) is 2.39. The van der Waals surface area contributed by atoms with Crippen molar-refractivity contribution >= 4 is 28.9 Å². The van der Waals surface area contributed by atoms with E-state index in [0.717, 1.165) is 12.3 Å². The first kappa shape index (κ1) is 25.8. The second kappa shape index (κ2) is 9.28. The first-order chi connectivity index (χ1) is 16.8. The van der Waals surface area contributed by atoms with Crippen LogP contribution in [0.25, 0.3) is 10.4 Å². The normalized spacial score (nSPS) is 21.7. The Morgan fingerprint density at radius 3 is 2.64 bits per heavy atom. The van der Waals surface area contributed by atoms with Gasteiger partial charge in [0.1, 0.15) is 16.3 Å². The molecule has 0 saturated heterocycles. The quantitative estimate of drug-likeness (QED) is 0.414. The number of pyridine rings is 1. The number of anilines is 2. The topological polar surface area (TPSA) is 130 Å². The molecule has 3 aromatic heterocycles. The molecule has 0 aliphatic heterocycles. The molecule has 0 spiro atoms. The van der Waals surface area contributed by atoms with E-state index < -0.39 is 34.8 Å². The number of rotatable bonds is 6. The Balaban J connectivity index is 1.62. The summed E-state index contributed by atoms with van der Waals surface area (Å²) in [7, 11) is 1.43. The van der Waals surface area contributed by atoms with Crippen LogP contribution in [0, 0.1) is 11.3 Å². The third-order valence-electron chi connectivity index (χ3n) is 6.25. The number of hydrogen-bond acceptors (Lipinski definition) is 9. The highest BCUT2D eigenvalue weighted by molar-refractivity contribution is 7.15. The van der Waals surface area contributed by atoms with Crippen LogP contribution in [0.15, 0.2) is 30.7 Å². The number of nitrogens with one attached hydrogen (secondary N) is 1. The molecule has 192 valence electrons. The summed E-state index contributed by atoms with van der Waals surface area (Å²) in [6.45, 7) is 3.64. The van der Waals surface area contributed by atoms with Gasteiger partial charge in [-0.3, -0.25) is 4.79 Å². The molecular formula is C23H24F3N5O4S. The zero-order valence-electron chi connectivity index (χ0n) is 19.6. The molecule has 1 aliphatic carbocycles. The van der Waals surface area contributed by atoms with E-state index in [9.17, 15) is 28.2 Å². The van der Waals surface area contributed by atoms with Gasteiger partial charge >= 0.3 is 12.1 Å². The number of thiazole rings is 1. The van der Waals surface area contributed by atoms with Crippen molar-refractivity contribution < 1.29 is 32.9 Å². The van der Waals surface area contributed by atoms with Crippen LogP contribution in [0.1, 0.15) is 43.8 Å². The van der Waals surface area contributed by atoms with Gasteiger partial charge in [0.2, 0.25) is 11.8 Å². The van der Waals surface area contributed by atoms with Crippen LogP contribution in [0.2, 0.25) is 0 Å². The third-order valence-corrected chi connectivity index (χ3v) is 7.48.